The molecular weight excluding hydrogens is 220 g/mol. The predicted octanol–water partition coefficient (Wildman–Crippen LogP) is 2.56. The smallest absolute Gasteiger partial charge is 0.0354 e. The average Bonchev–Trinajstić information content (AvgIpc) is 2.92. The zero-order chi connectivity index (χ0) is 12.7. The van der Waals surface area contributed by atoms with Gasteiger partial charge in [0.2, 0.25) is 0 Å². The minimum Gasteiger partial charge on any atom is -0.305 e. The Morgan fingerprint density at radius 2 is 1.94 bits per heavy atom. The van der Waals surface area contributed by atoms with Crippen LogP contribution in [-0.4, -0.2) is 43.0 Å². The largest absolute Gasteiger partial charge is 0.305 e. The van der Waals surface area contributed by atoms with E-state index in [9.17, 15) is 0 Å². The van der Waals surface area contributed by atoms with Gasteiger partial charge >= 0.3 is 0 Å². The van der Waals surface area contributed by atoms with E-state index in [-0.39, 0.29) is 0 Å². The van der Waals surface area contributed by atoms with E-state index in [1.165, 1.54) is 25.9 Å². The lowest BCUT2D eigenvalue weighted by atomic mass is 10.1. The van der Waals surface area contributed by atoms with Gasteiger partial charge in [-0.3, -0.25) is 4.90 Å². The Balaban J connectivity index is 1.78. The number of fused-ring (bicyclic) bond motifs is 1. The van der Waals surface area contributed by atoms with Crippen LogP contribution in [0.4, 0.5) is 0 Å². The molecule has 0 spiro atoms. The first-order valence-electron chi connectivity index (χ1n) is 7.15. The Kier molecular flexibility index (Phi) is 3.16. The Hall–Kier alpha value is -0.860. The highest BCUT2D eigenvalue weighted by atomic mass is 15.3. The standard InChI is InChI=1S/C16H24N2/c1-12-10-18(11-16(12)17(2)3)15-9-8-13-6-4-5-7-14(13)15/h4-7,12,15-16H,8-11H2,1-3H3. The molecule has 1 saturated heterocycles. The normalized spacial score (nSPS) is 32.1. The molecule has 18 heavy (non-hydrogen) atoms. The molecule has 0 bridgehead atoms. The van der Waals surface area contributed by atoms with Gasteiger partial charge < -0.3 is 4.90 Å². The van der Waals surface area contributed by atoms with Crippen molar-refractivity contribution in [2.24, 2.45) is 5.92 Å². The van der Waals surface area contributed by atoms with Crippen LogP contribution in [0, 0.1) is 5.92 Å². The van der Waals surface area contributed by atoms with E-state index in [2.05, 4.69) is 55.1 Å². The summed E-state index contributed by atoms with van der Waals surface area (Å²) >= 11 is 0. The van der Waals surface area contributed by atoms with Gasteiger partial charge in [0.05, 0.1) is 0 Å². The van der Waals surface area contributed by atoms with Gasteiger partial charge in [-0.25, -0.2) is 0 Å². The monoisotopic (exact) mass is 244 g/mol. The van der Waals surface area contributed by atoms with Crippen LogP contribution in [0.2, 0.25) is 0 Å². The minimum absolute atomic E-state index is 0.675. The van der Waals surface area contributed by atoms with Crippen molar-refractivity contribution >= 4 is 0 Å². The van der Waals surface area contributed by atoms with Crippen molar-refractivity contribution in [1.82, 2.24) is 9.80 Å². The van der Waals surface area contributed by atoms with Gasteiger partial charge in [-0.15, -0.1) is 0 Å². The maximum atomic E-state index is 2.71. The van der Waals surface area contributed by atoms with Crippen molar-refractivity contribution in [1.29, 1.82) is 0 Å². The average molecular weight is 244 g/mol. The molecule has 0 saturated carbocycles. The molecule has 3 atom stereocenters. The van der Waals surface area contributed by atoms with Crippen LogP contribution >= 0.6 is 0 Å². The number of hydrogen-bond donors (Lipinski definition) is 0. The molecule has 1 aromatic rings. The Bertz CT molecular complexity index is 427. The van der Waals surface area contributed by atoms with E-state index in [0.717, 1.165) is 12.0 Å². The summed E-state index contributed by atoms with van der Waals surface area (Å²) in [7, 11) is 4.43. The lowest BCUT2D eigenvalue weighted by molar-refractivity contribution is 0.215. The van der Waals surface area contributed by atoms with Crippen LogP contribution in [-0.2, 0) is 6.42 Å². The molecule has 0 radical (unpaired) electrons. The van der Waals surface area contributed by atoms with E-state index in [4.69, 9.17) is 0 Å². The molecule has 1 aliphatic heterocycles. The van der Waals surface area contributed by atoms with Crippen LogP contribution in [0.25, 0.3) is 0 Å². The molecule has 1 fully saturated rings. The summed E-state index contributed by atoms with van der Waals surface area (Å²) < 4.78 is 0. The molecule has 0 amide bonds. The van der Waals surface area contributed by atoms with Crippen LogP contribution in [0.5, 0.6) is 0 Å². The molecule has 1 aliphatic carbocycles. The highest BCUT2D eigenvalue weighted by Crippen LogP contribution is 2.38. The quantitative estimate of drug-likeness (QED) is 0.789. The molecule has 2 heteroatoms. The number of rotatable bonds is 2. The topological polar surface area (TPSA) is 6.48 Å². The summed E-state index contributed by atoms with van der Waals surface area (Å²) in [6.07, 6.45) is 2.57. The summed E-state index contributed by atoms with van der Waals surface area (Å²) in [4.78, 5) is 5.10. The van der Waals surface area contributed by atoms with Crippen molar-refractivity contribution in [3.63, 3.8) is 0 Å². The van der Waals surface area contributed by atoms with E-state index >= 15 is 0 Å². The third-order valence-electron chi connectivity index (χ3n) is 4.81. The fourth-order valence-corrected chi connectivity index (χ4v) is 3.83. The van der Waals surface area contributed by atoms with E-state index in [0.29, 0.717) is 6.04 Å². The molecule has 3 unspecified atom stereocenters. The summed E-state index contributed by atoms with van der Waals surface area (Å²) in [6.45, 7) is 4.88. The maximum absolute atomic E-state index is 2.71. The molecule has 2 nitrogen and oxygen atoms in total. The van der Waals surface area contributed by atoms with Crippen molar-refractivity contribution < 1.29 is 0 Å². The third-order valence-corrected chi connectivity index (χ3v) is 4.81. The Labute approximate surface area is 111 Å². The second-order valence-electron chi connectivity index (χ2n) is 6.22. The number of likely N-dealkylation sites (N-methyl/N-ethyl adjacent to an activating group) is 1. The first-order chi connectivity index (χ1) is 8.66. The Morgan fingerprint density at radius 3 is 2.67 bits per heavy atom. The van der Waals surface area contributed by atoms with Crippen LogP contribution in [0.1, 0.15) is 30.5 Å². The summed E-state index contributed by atoms with van der Waals surface area (Å²) in [6, 6.07) is 10.4. The lowest BCUT2D eigenvalue weighted by Crippen LogP contribution is -2.34. The molecule has 0 N–H and O–H groups in total. The summed E-state index contributed by atoms with van der Waals surface area (Å²) in [5, 5.41) is 0. The van der Waals surface area contributed by atoms with Gasteiger partial charge in [0.15, 0.2) is 0 Å². The van der Waals surface area contributed by atoms with Crippen molar-refractivity contribution in [3.05, 3.63) is 35.4 Å². The molecule has 2 aliphatic rings. The van der Waals surface area contributed by atoms with Crippen molar-refractivity contribution in [2.75, 3.05) is 27.2 Å². The highest BCUT2D eigenvalue weighted by Gasteiger charge is 2.37. The zero-order valence-electron chi connectivity index (χ0n) is 11.8. The van der Waals surface area contributed by atoms with Crippen LogP contribution < -0.4 is 0 Å². The van der Waals surface area contributed by atoms with Crippen LogP contribution in [0.3, 0.4) is 0 Å². The van der Waals surface area contributed by atoms with Gasteiger partial charge in [0.1, 0.15) is 0 Å². The van der Waals surface area contributed by atoms with Crippen molar-refractivity contribution in [2.45, 2.75) is 31.8 Å². The number of benzene rings is 1. The van der Waals surface area contributed by atoms with Gasteiger partial charge in [-0.05, 0) is 44.0 Å². The molecule has 1 heterocycles. The maximum Gasteiger partial charge on any atom is 0.0354 e. The summed E-state index contributed by atoms with van der Waals surface area (Å²) in [5.74, 6) is 0.785. The molecule has 98 valence electrons. The number of nitrogens with zero attached hydrogens (tertiary/aromatic N) is 2. The van der Waals surface area contributed by atoms with E-state index in [1.807, 2.05) is 0 Å². The van der Waals surface area contributed by atoms with Gasteiger partial charge in [0.25, 0.3) is 0 Å². The number of hydrogen-bond acceptors (Lipinski definition) is 2. The van der Waals surface area contributed by atoms with E-state index < -0.39 is 0 Å². The second-order valence-corrected chi connectivity index (χ2v) is 6.22. The number of likely N-dealkylation sites (tertiary alicyclic amines) is 1. The predicted molar refractivity (Wildman–Crippen MR) is 75.7 cm³/mol. The zero-order valence-corrected chi connectivity index (χ0v) is 11.8. The molecule has 0 aromatic heterocycles. The van der Waals surface area contributed by atoms with Gasteiger partial charge in [0, 0.05) is 25.2 Å². The molecule has 1 aromatic carbocycles. The van der Waals surface area contributed by atoms with Crippen LogP contribution in [0.15, 0.2) is 24.3 Å². The highest BCUT2D eigenvalue weighted by molar-refractivity contribution is 5.34. The fraction of sp³-hybridized carbons (Fsp3) is 0.625. The first-order valence-corrected chi connectivity index (χ1v) is 7.15. The first kappa shape index (κ1) is 12.2. The fourth-order valence-electron chi connectivity index (χ4n) is 3.83. The SMILES string of the molecule is CC1CN(C2CCc3ccccc32)CC1N(C)C. The lowest BCUT2D eigenvalue weighted by Gasteiger charge is -2.26. The van der Waals surface area contributed by atoms with Crippen molar-refractivity contribution in [3.8, 4) is 0 Å². The third kappa shape index (κ3) is 1.98. The number of aryl methyl sites for hydroxylation is 1. The second kappa shape index (κ2) is 4.67. The molecule has 3 rings (SSSR count). The van der Waals surface area contributed by atoms with Gasteiger partial charge in [-0.1, -0.05) is 31.2 Å². The Morgan fingerprint density at radius 1 is 1.17 bits per heavy atom. The minimum atomic E-state index is 0.675. The molecular formula is C16H24N2. The van der Waals surface area contributed by atoms with E-state index in [1.54, 1.807) is 11.1 Å². The summed E-state index contributed by atoms with van der Waals surface area (Å²) in [5.41, 5.74) is 3.16. The van der Waals surface area contributed by atoms with Gasteiger partial charge in [-0.2, -0.15) is 0 Å².